The fraction of sp³-hybridized carbons (Fsp3) is 0.400. The number of benzene rings is 1. The summed E-state index contributed by atoms with van der Waals surface area (Å²) >= 11 is 0. The molecule has 3 N–H and O–H groups in total. The monoisotopic (exact) mass is 277 g/mol. The molecule has 0 aliphatic heterocycles. The Kier molecular flexibility index (Phi) is 3.83. The smallest absolute Gasteiger partial charge is 0.339 e. The highest BCUT2D eigenvalue weighted by Crippen LogP contribution is 2.26. The minimum Gasteiger partial charge on any atom is -0.478 e. The van der Waals surface area contributed by atoms with E-state index in [-0.39, 0.29) is 12.1 Å². The van der Waals surface area contributed by atoms with Crippen LogP contribution in [0, 0.1) is 0 Å². The Labute approximate surface area is 117 Å². The fourth-order valence-corrected chi connectivity index (χ4v) is 1.91. The van der Waals surface area contributed by atoms with E-state index in [1.54, 1.807) is 31.2 Å². The van der Waals surface area contributed by atoms with Crippen LogP contribution < -0.4 is 5.32 Å². The van der Waals surface area contributed by atoms with Crippen LogP contribution in [0.4, 0.5) is 0 Å². The highest BCUT2D eigenvalue weighted by Gasteiger charge is 2.26. The SMILES string of the molecule is CC(O)C(C)(C)NCc1oc2ccccc2c1C(=O)O. The van der Waals surface area contributed by atoms with E-state index in [2.05, 4.69) is 5.32 Å². The Morgan fingerprint density at radius 3 is 2.65 bits per heavy atom. The van der Waals surface area contributed by atoms with Crippen LogP contribution in [0.2, 0.25) is 0 Å². The maximum Gasteiger partial charge on any atom is 0.339 e. The molecule has 1 heterocycles. The van der Waals surface area contributed by atoms with E-state index in [4.69, 9.17) is 4.42 Å². The van der Waals surface area contributed by atoms with Crippen molar-refractivity contribution in [3.8, 4) is 0 Å². The van der Waals surface area contributed by atoms with Gasteiger partial charge in [0.25, 0.3) is 0 Å². The van der Waals surface area contributed by atoms with E-state index >= 15 is 0 Å². The number of carboxylic acids is 1. The molecule has 0 bridgehead atoms. The molecule has 0 saturated heterocycles. The molecule has 1 aromatic carbocycles. The minimum atomic E-state index is -1.01. The first-order valence-electron chi connectivity index (χ1n) is 6.49. The zero-order valence-electron chi connectivity index (χ0n) is 11.8. The average molecular weight is 277 g/mol. The standard InChI is InChI=1S/C15H19NO4/c1-9(17)15(2,3)16-8-12-13(14(18)19)10-6-4-5-7-11(10)20-12/h4-7,9,16-17H,8H2,1-3H3,(H,18,19). The number of carboxylic acid groups (broad SMARTS) is 1. The van der Waals surface area contributed by atoms with Gasteiger partial charge < -0.3 is 19.9 Å². The summed E-state index contributed by atoms with van der Waals surface area (Å²) < 4.78 is 5.61. The van der Waals surface area contributed by atoms with E-state index in [1.165, 1.54) is 0 Å². The fourth-order valence-electron chi connectivity index (χ4n) is 1.91. The van der Waals surface area contributed by atoms with E-state index < -0.39 is 17.6 Å². The largest absolute Gasteiger partial charge is 0.478 e. The van der Waals surface area contributed by atoms with Crippen molar-refractivity contribution >= 4 is 16.9 Å². The van der Waals surface area contributed by atoms with Gasteiger partial charge in [0.05, 0.1) is 12.6 Å². The third kappa shape index (κ3) is 2.69. The Balaban J connectivity index is 2.35. The second kappa shape index (κ2) is 5.26. The summed E-state index contributed by atoms with van der Waals surface area (Å²) in [5.74, 6) is -0.644. The Hall–Kier alpha value is -1.85. The molecule has 0 fully saturated rings. The number of hydrogen-bond donors (Lipinski definition) is 3. The number of aromatic carboxylic acids is 1. The molecule has 1 atom stereocenters. The lowest BCUT2D eigenvalue weighted by Crippen LogP contribution is -2.47. The van der Waals surface area contributed by atoms with Crippen molar-refractivity contribution in [2.24, 2.45) is 0 Å². The molecule has 2 aromatic rings. The van der Waals surface area contributed by atoms with Crippen LogP contribution >= 0.6 is 0 Å². The maximum absolute atomic E-state index is 11.4. The molecule has 20 heavy (non-hydrogen) atoms. The lowest BCUT2D eigenvalue weighted by atomic mass is 9.98. The molecule has 0 aliphatic rings. The van der Waals surface area contributed by atoms with Crippen LogP contribution in [-0.4, -0.2) is 27.8 Å². The molecular weight excluding hydrogens is 258 g/mol. The van der Waals surface area contributed by atoms with Crippen LogP contribution in [0.1, 0.15) is 36.9 Å². The minimum absolute atomic E-state index is 0.175. The van der Waals surface area contributed by atoms with Crippen LogP contribution in [0.25, 0.3) is 11.0 Å². The van der Waals surface area contributed by atoms with Crippen molar-refractivity contribution in [3.63, 3.8) is 0 Å². The predicted octanol–water partition coefficient (Wildman–Crippen LogP) is 2.38. The number of carbonyl (C=O) groups is 1. The average Bonchev–Trinajstić information content (AvgIpc) is 2.74. The molecule has 0 radical (unpaired) electrons. The molecule has 1 unspecified atom stereocenters. The highest BCUT2D eigenvalue weighted by atomic mass is 16.4. The number of hydrogen-bond acceptors (Lipinski definition) is 4. The number of aliphatic hydroxyl groups is 1. The lowest BCUT2D eigenvalue weighted by Gasteiger charge is -2.29. The van der Waals surface area contributed by atoms with Gasteiger partial charge in [0.2, 0.25) is 0 Å². The molecule has 5 heteroatoms. The van der Waals surface area contributed by atoms with Crippen molar-refractivity contribution in [3.05, 3.63) is 35.6 Å². The van der Waals surface area contributed by atoms with E-state index in [0.29, 0.717) is 16.7 Å². The van der Waals surface area contributed by atoms with Crippen molar-refractivity contribution in [2.45, 2.75) is 39.0 Å². The number of para-hydroxylation sites is 1. The summed E-state index contributed by atoms with van der Waals surface area (Å²) in [4.78, 5) is 11.4. The molecule has 0 saturated carbocycles. The van der Waals surface area contributed by atoms with Crippen LogP contribution in [-0.2, 0) is 6.54 Å². The molecule has 0 amide bonds. The third-order valence-electron chi connectivity index (χ3n) is 3.63. The zero-order valence-corrected chi connectivity index (χ0v) is 11.8. The number of aliphatic hydroxyl groups excluding tert-OH is 1. The maximum atomic E-state index is 11.4. The summed E-state index contributed by atoms with van der Waals surface area (Å²) in [5.41, 5.74) is 0.195. The van der Waals surface area contributed by atoms with Gasteiger partial charge in [-0.25, -0.2) is 4.79 Å². The van der Waals surface area contributed by atoms with Crippen molar-refractivity contribution in [1.82, 2.24) is 5.32 Å². The van der Waals surface area contributed by atoms with Gasteiger partial charge in [-0.2, -0.15) is 0 Å². The summed E-state index contributed by atoms with van der Waals surface area (Å²) in [7, 11) is 0. The first kappa shape index (κ1) is 14.6. The summed E-state index contributed by atoms with van der Waals surface area (Å²) in [6.07, 6.45) is -0.569. The summed E-state index contributed by atoms with van der Waals surface area (Å²) in [6, 6.07) is 7.05. The number of fused-ring (bicyclic) bond motifs is 1. The first-order chi connectivity index (χ1) is 9.33. The molecular formula is C15H19NO4. The predicted molar refractivity (Wildman–Crippen MR) is 75.8 cm³/mol. The third-order valence-corrected chi connectivity index (χ3v) is 3.63. The van der Waals surface area contributed by atoms with Crippen LogP contribution in [0.3, 0.4) is 0 Å². The normalized spacial score (nSPS) is 13.6. The number of nitrogens with one attached hydrogen (secondary N) is 1. The molecule has 0 aliphatic carbocycles. The van der Waals surface area contributed by atoms with Gasteiger partial charge >= 0.3 is 5.97 Å². The molecule has 5 nitrogen and oxygen atoms in total. The van der Waals surface area contributed by atoms with E-state index in [0.717, 1.165) is 0 Å². The highest BCUT2D eigenvalue weighted by molar-refractivity contribution is 6.03. The first-order valence-corrected chi connectivity index (χ1v) is 6.49. The van der Waals surface area contributed by atoms with Gasteiger partial charge in [-0.05, 0) is 26.8 Å². The number of furan rings is 1. The van der Waals surface area contributed by atoms with Gasteiger partial charge in [-0.15, -0.1) is 0 Å². The Bertz CT molecular complexity index is 628. The Morgan fingerprint density at radius 1 is 1.40 bits per heavy atom. The second-order valence-electron chi connectivity index (χ2n) is 5.45. The molecule has 0 spiro atoms. The lowest BCUT2D eigenvalue weighted by molar-refractivity contribution is 0.0694. The van der Waals surface area contributed by atoms with Gasteiger partial charge in [-0.1, -0.05) is 18.2 Å². The van der Waals surface area contributed by atoms with Crippen molar-refractivity contribution in [1.29, 1.82) is 0 Å². The van der Waals surface area contributed by atoms with Crippen LogP contribution in [0.5, 0.6) is 0 Å². The quantitative estimate of drug-likeness (QED) is 0.781. The van der Waals surface area contributed by atoms with E-state index in [9.17, 15) is 15.0 Å². The second-order valence-corrected chi connectivity index (χ2v) is 5.45. The number of rotatable bonds is 5. The molecule has 108 valence electrons. The zero-order chi connectivity index (χ0) is 14.9. The summed E-state index contributed by atoms with van der Waals surface area (Å²) in [6.45, 7) is 5.62. The van der Waals surface area contributed by atoms with Gasteiger partial charge in [0, 0.05) is 10.9 Å². The van der Waals surface area contributed by atoms with Gasteiger partial charge in [-0.3, -0.25) is 0 Å². The topological polar surface area (TPSA) is 82.7 Å². The molecule has 2 rings (SSSR count). The van der Waals surface area contributed by atoms with Crippen molar-refractivity contribution < 1.29 is 19.4 Å². The Morgan fingerprint density at radius 2 is 2.05 bits per heavy atom. The molecule has 1 aromatic heterocycles. The van der Waals surface area contributed by atoms with Gasteiger partial charge in [0.1, 0.15) is 16.9 Å². The van der Waals surface area contributed by atoms with Crippen LogP contribution in [0.15, 0.2) is 28.7 Å². The summed E-state index contributed by atoms with van der Waals surface area (Å²) in [5, 5.41) is 22.7. The van der Waals surface area contributed by atoms with E-state index in [1.807, 2.05) is 13.8 Å². The van der Waals surface area contributed by atoms with Gasteiger partial charge in [0.15, 0.2) is 0 Å². The van der Waals surface area contributed by atoms with Crippen molar-refractivity contribution in [2.75, 3.05) is 0 Å².